The Morgan fingerprint density at radius 1 is 0.524 bits per heavy atom. The van der Waals surface area contributed by atoms with Crippen molar-refractivity contribution < 1.29 is 9.90 Å². The number of carboxylic acids is 1. The molecule has 0 saturated heterocycles. The number of para-hydroxylation sites is 2. The fourth-order valence-corrected chi connectivity index (χ4v) is 4.45. The van der Waals surface area contributed by atoms with Gasteiger partial charge in [0.25, 0.3) is 0 Å². The number of nitrogens with zero attached hydrogens (tertiary/aromatic N) is 2. The summed E-state index contributed by atoms with van der Waals surface area (Å²) in [5.74, 6) is -1.23. The highest BCUT2D eigenvalue weighted by Gasteiger charge is 2.11. The van der Waals surface area contributed by atoms with Gasteiger partial charge in [-0.1, -0.05) is 121 Å². The van der Waals surface area contributed by atoms with E-state index in [1.165, 1.54) is 6.08 Å². The largest absolute Gasteiger partial charge is 0.477 e. The summed E-state index contributed by atoms with van der Waals surface area (Å²) < 4.78 is 0. The van der Waals surface area contributed by atoms with Crippen molar-refractivity contribution in [3.05, 3.63) is 167 Å². The molecule has 0 aliphatic heterocycles. The molecule has 0 heterocycles. The summed E-state index contributed by atoms with van der Waals surface area (Å²) in [4.78, 5) is 13.3. The molecule has 4 nitrogen and oxygen atoms in total. The fourth-order valence-electron chi connectivity index (χ4n) is 4.45. The predicted molar refractivity (Wildman–Crippen MR) is 173 cm³/mol. The van der Waals surface area contributed by atoms with Crippen molar-refractivity contribution in [1.82, 2.24) is 0 Å². The average molecular weight is 545 g/mol. The van der Waals surface area contributed by atoms with Crippen LogP contribution in [0.15, 0.2) is 139 Å². The second-order valence-corrected chi connectivity index (χ2v) is 9.57. The normalized spacial score (nSPS) is 11.5. The van der Waals surface area contributed by atoms with E-state index in [0.717, 1.165) is 39.3 Å². The molecule has 0 unspecified atom stereocenters. The van der Waals surface area contributed by atoms with E-state index >= 15 is 0 Å². The highest BCUT2D eigenvalue weighted by Crippen LogP contribution is 2.34. The Hall–Kier alpha value is -5.92. The quantitative estimate of drug-likeness (QED) is 0.114. The lowest BCUT2D eigenvalue weighted by Gasteiger charge is -2.25. The van der Waals surface area contributed by atoms with Crippen molar-refractivity contribution >= 4 is 53.4 Å². The van der Waals surface area contributed by atoms with Gasteiger partial charge in [-0.05, 0) is 70.3 Å². The van der Waals surface area contributed by atoms with Gasteiger partial charge in [-0.3, -0.25) is 0 Å². The topological polar surface area (TPSA) is 64.3 Å². The Balaban J connectivity index is 1.24. The minimum absolute atomic E-state index is 0.290. The van der Waals surface area contributed by atoms with Crippen LogP contribution in [0.2, 0.25) is 0 Å². The summed E-state index contributed by atoms with van der Waals surface area (Å²) in [6, 6.07) is 46.6. The molecule has 0 aromatic heterocycles. The average Bonchev–Trinajstić information content (AvgIpc) is 3.04. The standard InChI is InChI=1S/C38H28N2O2/c39-28-34(38(41)42)27-33-21-19-31(20-22-33)16-15-29-11-13-30(14-12-29)17-18-32-23-25-37(26-24-32)40(35-7-3-1-4-8-35)36-9-5-2-6-10-36/h1-27H,(H,41,42)/b16-15+,18-17+,34-27-. The maximum atomic E-state index is 11.0. The van der Waals surface area contributed by atoms with Crippen molar-refractivity contribution in [3.63, 3.8) is 0 Å². The lowest BCUT2D eigenvalue weighted by atomic mass is 10.1. The summed E-state index contributed by atoms with van der Waals surface area (Å²) >= 11 is 0. The van der Waals surface area contributed by atoms with Gasteiger partial charge in [0.1, 0.15) is 11.6 Å². The smallest absolute Gasteiger partial charge is 0.346 e. The van der Waals surface area contributed by atoms with Crippen LogP contribution in [-0.2, 0) is 4.79 Å². The highest BCUT2D eigenvalue weighted by molar-refractivity contribution is 5.96. The van der Waals surface area contributed by atoms with E-state index in [2.05, 4.69) is 114 Å². The summed E-state index contributed by atoms with van der Waals surface area (Å²) in [5.41, 5.74) is 7.97. The van der Waals surface area contributed by atoms with E-state index in [0.29, 0.717) is 5.56 Å². The summed E-state index contributed by atoms with van der Waals surface area (Å²) in [7, 11) is 0. The van der Waals surface area contributed by atoms with Gasteiger partial charge < -0.3 is 10.0 Å². The first-order valence-corrected chi connectivity index (χ1v) is 13.5. The Labute approximate surface area is 246 Å². The number of carboxylic acid groups (broad SMARTS) is 1. The van der Waals surface area contributed by atoms with Crippen molar-refractivity contribution in [2.24, 2.45) is 0 Å². The van der Waals surface area contributed by atoms with Crippen LogP contribution in [0.5, 0.6) is 0 Å². The van der Waals surface area contributed by atoms with Gasteiger partial charge in [0.2, 0.25) is 0 Å². The van der Waals surface area contributed by atoms with E-state index in [4.69, 9.17) is 10.4 Å². The van der Waals surface area contributed by atoms with Crippen molar-refractivity contribution in [3.8, 4) is 6.07 Å². The summed E-state index contributed by atoms with van der Waals surface area (Å²) in [6.07, 6.45) is 9.60. The summed E-state index contributed by atoms with van der Waals surface area (Å²) in [5, 5.41) is 17.9. The van der Waals surface area contributed by atoms with Crippen LogP contribution in [0.1, 0.15) is 27.8 Å². The van der Waals surface area contributed by atoms with Gasteiger partial charge in [0.05, 0.1) is 0 Å². The lowest BCUT2D eigenvalue weighted by Crippen LogP contribution is -2.09. The third-order valence-electron chi connectivity index (χ3n) is 6.65. The van der Waals surface area contributed by atoms with Crippen LogP contribution in [0.4, 0.5) is 17.1 Å². The molecule has 0 saturated carbocycles. The zero-order chi connectivity index (χ0) is 29.1. The minimum atomic E-state index is -1.23. The van der Waals surface area contributed by atoms with E-state index in [9.17, 15) is 4.79 Å². The van der Waals surface area contributed by atoms with Crippen LogP contribution < -0.4 is 4.90 Å². The number of hydrogen-bond acceptors (Lipinski definition) is 3. The third kappa shape index (κ3) is 7.18. The third-order valence-corrected chi connectivity index (χ3v) is 6.65. The highest BCUT2D eigenvalue weighted by atomic mass is 16.4. The van der Waals surface area contributed by atoms with Crippen molar-refractivity contribution in [1.29, 1.82) is 5.26 Å². The van der Waals surface area contributed by atoms with Crippen LogP contribution in [0, 0.1) is 11.3 Å². The molecule has 0 aliphatic rings. The van der Waals surface area contributed by atoms with Crippen LogP contribution in [-0.4, -0.2) is 11.1 Å². The second kappa shape index (κ2) is 13.4. The van der Waals surface area contributed by atoms with E-state index in [1.807, 2.05) is 36.4 Å². The minimum Gasteiger partial charge on any atom is -0.477 e. The second-order valence-electron chi connectivity index (χ2n) is 9.57. The van der Waals surface area contributed by atoms with Crippen LogP contribution >= 0.6 is 0 Å². The first kappa shape index (κ1) is 27.6. The first-order valence-electron chi connectivity index (χ1n) is 13.5. The summed E-state index contributed by atoms with van der Waals surface area (Å²) in [6.45, 7) is 0. The Bertz CT molecular complexity index is 1720. The molecule has 202 valence electrons. The molecule has 0 atom stereocenters. The molecule has 5 aromatic rings. The van der Waals surface area contributed by atoms with Gasteiger partial charge in [-0.2, -0.15) is 5.26 Å². The molecular formula is C38H28N2O2. The number of hydrogen-bond donors (Lipinski definition) is 1. The number of rotatable bonds is 9. The monoisotopic (exact) mass is 544 g/mol. The lowest BCUT2D eigenvalue weighted by molar-refractivity contribution is -0.132. The van der Waals surface area contributed by atoms with E-state index < -0.39 is 5.97 Å². The number of nitriles is 1. The van der Waals surface area contributed by atoms with Gasteiger partial charge in [-0.15, -0.1) is 0 Å². The Morgan fingerprint density at radius 3 is 1.21 bits per heavy atom. The molecule has 4 heteroatoms. The molecule has 0 fully saturated rings. The molecule has 0 amide bonds. The van der Waals surface area contributed by atoms with Gasteiger partial charge in [-0.25, -0.2) is 4.79 Å². The molecule has 5 rings (SSSR count). The number of anilines is 3. The zero-order valence-corrected chi connectivity index (χ0v) is 22.8. The van der Waals surface area contributed by atoms with Gasteiger partial charge >= 0.3 is 5.97 Å². The molecular weight excluding hydrogens is 516 g/mol. The maximum Gasteiger partial charge on any atom is 0.346 e. The molecule has 5 aromatic carbocycles. The van der Waals surface area contributed by atoms with Crippen molar-refractivity contribution in [2.75, 3.05) is 4.90 Å². The van der Waals surface area contributed by atoms with Crippen LogP contribution in [0.25, 0.3) is 30.4 Å². The van der Waals surface area contributed by atoms with Gasteiger partial charge in [0.15, 0.2) is 0 Å². The Morgan fingerprint density at radius 2 is 0.857 bits per heavy atom. The predicted octanol–water partition coefficient (Wildman–Crippen LogP) is 9.49. The van der Waals surface area contributed by atoms with E-state index in [-0.39, 0.29) is 5.57 Å². The van der Waals surface area contributed by atoms with Crippen molar-refractivity contribution in [2.45, 2.75) is 0 Å². The first-order chi connectivity index (χ1) is 20.6. The molecule has 42 heavy (non-hydrogen) atoms. The molecule has 0 radical (unpaired) electrons. The number of benzene rings is 5. The molecule has 0 aliphatic carbocycles. The number of aliphatic carboxylic acids is 1. The molecule has 0 bridgehead atoms. The molecule has 1 N–H and O–H groups in total. The fraction of sp³-hybridized carbons (Fsp3) is 0. The van der Waals surface area contributed by atoms with E-state index in [1.54, 1.807) is 18.2 Å². The zero-order valence-electron chi connectivity index (χ0n) is 22.8. The van der Waals surface area contributed by atoms with Crippen LogP contribution in [0.3, 0.4) is 0 Å². The molecule has 0 spiro atoms. The SMILES string of the molecule is N#C/C(=C/c1ccc(/C=C/c2ccc(/C=C/c3ccc(N(c4ccccc4)c4ccccc4)cc3)cc2)cc1)C(=O)O. The van der Waals surface area contributed by atoms with Gasteiger partial charge in [0, 0.05) is 17.1 Å². The Kier molecular flexibility index (Phi) is 8.84. The number of carbonyl (C=O) groups is 1. The maximum absolute atomic E-state index is 11.0.